The van der Waals surface area contributed by atoms with Crippen molar-refractivity contribution in [1.82, 2.24) is 19.6 Å². The third kappa shape index (κ3) is 1.50. The molecule has 0 fully saturated rings. The van der Waals surface area contributed by atoms with Crippen molar-refractivity contribution in [2.75, 3.05) is 0 Å². The molecule has 0 atom stereocenters. The molecule has 6 heteroatoms. The number of fused-ring (bicyclic) bond motifs is 1. The second-order valence-electron chi connectivity index (χ2n) is 3.41. The fourth-order valence-electron chi connectivity index (χ4n) is 1.03. The molecule has 74 valence electrons. The van der Waals surface area contributed by atoms with E-state index in [1.807, 2.05) is 0 Å². The summed E-state index contributed by atoms with van der Waals surface area (Å²) in [6.45, 7) is 2.87. The van der Waals surface area contributed by atoms with E-state index in [2.05, 4.69) is 31.0 Å². The molecule has 14 heavy (non-hydrogen) atoms. The van der Waals surface area contributed by atoms with Gasteiger partial charge < -0.3 is 0 Å². The first kappa shape index (κ1) is 9.51. The highest BCUT2D eigenvalue weighted by Crippen LogP contribution is 2.22. The molecular formula is C8H8BrFN4. The van der Waals surface area contributed by atoms with Gasteiger partial charge in [0.15, 0.2) is 0 Å². The molecule has 0 radical (unpaired) electrons. The number of aromatic nitrogens is 4. The maximum atomic E-state index is 13.5. The third-order valence-electron chi connectivity index (χ3n) is 1.80. The Morgan fingerprint density at radius 1 is 1.43 bits per heavy atom. The zero-order chi connectivity index (χ0) is 10.3. The summed E-state index contributed by atoms with van der Waals surface area (Å²) in [5.41, 5.74) is -1.21. The lowest BCUT2D eigenvalue weighted by Gasteiger charge is -2.11. The number of rotatable bonds is 1. The van der Waals surface area contributed by atoms with Gasteiger partial charge in [0.05, 0.1) is 12.4 Å². The van der Waals surface area contributed by atoms with Gasteiger partial charge in [0.25, 0.3) is 5.78 Å². The van der Waals surface area contributed by atoms with Gasteiger partial charge in [0.2, 0.25) is 0 Å². The van der Waals surface area contributed by atoms with Crippen molar-refractivity contribution in [3.8, 4) is 0 Å². The molecule has 0 saturated heterocycles. The van der Waals surface area contributed by atoms with Crippen LogP contribution in [0.5, 0.6) is 0 Å². The Bertz CT molecular complexity index is 474. The summed E-state index contributed by atoms with van der Waals surface area (Å²) in [7, 11) is 0. The van der Waals surface area contributed by atoms with E-state index in [-0.39, 0.29) is 5.69 Å². The van der Waals surface area contributed by atoms with Crippen molar-refractivity contribution < 1.29 is 4.39 Å². The second kappa shape index (κ2) is 2.98. The van der Waals surface area contributed by atoms with Crippen LogP contribution in [-0.2, 0) is 5.67 Å². The first-order chi connectivity index (χ1) is 6.48. The smallest absolute Gasteiger partial charge is 0.238 e. The molecule has 4 nitrogen and oxygen atoms in total. The summed E-state index contributed by atoms with van der Waals surface area (Å²) < 4.78 is 15.7. The molecule has 2 aromatic rings. The first-order valence-electron chi connectivity index (χ1n) is 4.04. The molecule has 2 rings (SSSR count). The van der Waals surface area contributed by atoms with Crippen LogP contribution in [0, 0.1) is 0 Å². The minimum atomic E-state index is -1.49. The van der Waals surface area contributed by atoms with Crippen LogP contribution in [0.25, 0.3) is 5.78 Å². The Hall–Kier alpha value is -1.04. The number of hydrogen-bond acceptors (Lipinski definition) is 3. The number of nitrogens with zero attached hydrogens (tertiary/aromatic N) is 4. The number of alkyl halides is 1. The van der Waals surface area contributed by atoms with Gasteiger partial charge in [-0.25, -0.2) is 14.4 Å². The molecule has 0 N–H and O–H groups in total. The summed E-state index contributed by atoms with van der Waals surface area (Å²) >= 11 is 3.25. The van der Waals surface area contributed by atoms with Gasteiger partial charge in [0, 0.05) is 0 Å². The lowest BCUT2D eigenvalue weighted by Crippen LogP contribution is -2.13. The van der Waals surface area contributed by atoms with Gasteiger partial charge in [-0.3, -0.25) is 0 Å². The van der Waals surface area contributed by atoms with Crippen LogP contribution in [-0.4, -0.2) is 19.6 Å². The van der Waals surface area contributed by atoms with Gasteiger partial charge >= 0.3 is 0 Å². The highest BCUT2D eigenvalue weighted by molar-refractivity contribution is 9.10. The van der Waals surface area contributed by atoms with E-state index in [0.717, 1.165) is 0 Å². The SMILES string of the molecule is CC(C)(F)c1cnn2c(Br)cnc2n1. The Kier molecular flexibility index (Phi) is 2.02. The predicted molar refractivity (Wildman–Crippen MR) is 52.6 cm³/mol. The molecular weight excluding hydrogens is 251 g/mol. The summed E-state index contributed by atoms with van der Waals surface area (Å²) in [5.74, 6) is 0.389. The fraction of sp³-hybridized carbons (Fsp3) is 0.375. The van der Waals surface area contributed by atoms with E-state index in [1.165, 1.54) is 24.6 Å². The molecule has 0 aromatic carbocycles. The Balaban J connectivity index is 2.63. The van der Waals surface area contributed by atoms with Crippen LogP contribution in [0.1, 0.15) is 19.5 Å². The van der Waals surface area contributed by atoms with E-state index >= 15 is 0 Å². The van der Waals surface area contributed by atoms with Crippen LogP contribution in [0.3, 0.4) is 0 Å². The van der Waals surface area contributed by atoms with Gasteiger partial charge in [-0.1, -0.05) is 0 Å². The summed E-state index contributed by atoms with van der Waals surface area (Å²) in [6, 6.07) is 0. The first-order valence-corrected chi connectivity index (χ1v) is 4.83. The minimum absolute atomic E-state index is 0.281. The average Bonchev–Trinajstić information content (AvgIpc) is 2.46. The normalized spacial score (nSPS) is 12.3. The lowest BCUT2D eigenvalue weighted by molar-refractivity contribution is 0.213. The Morgan fingerprint density at radius 3 is 2.79 bits per heavy atom. The largest absolute Gasteiger partial charge is 0.252 e. The monoisotopic (exact) mass is 258 g/mol. The van der Waals surface area contributed by atoms with Crippen molar-refractivity contribution in [3.63, 3.8) is 0 Å². The van der Waals surface area contributed by atoms with Crippen molar-refractivity contribution in [1.29, 1.82) is 0 Å². The highest BCUT2D eigenvalue weighted by atomic mass is 79.9. The molecule has 0 saturated carbocycles. The van der Waals surface area contributed by atoms with E-state index in [1.54, 1.807) is 6.20 Å². The second-order valence-corrected chi connectivity index (χ2v) is 4.22. The molecule has 0 unspecified atom stereocenters. The van der Waals surface area contributed by atoms with E-state index in [9.17, 15) is 4.39 Å². The van der Waals surface area contributed by atoms with E-state index in [0.29, 0.717) is 10.4 Å². The van der Waals surface area contributed by atoms with Crippen LogP contribution >= 0.6 is 15.9 Å². The van der Waals surface area contributed by atoms with Crippen molar-refractivity contribution >= 4 is 21.7 Å². The number of hydrogen-bond donors (Lipinski definition) is 0. The van der Waals surface area contributed by atoms with Crippen molar-refractivity contribution in [2.24, 2.45) is 0 Å². The molecule has 0 aliphatic rings. The zero-order valence-corrected chi connectivity index (χ0v) is 9.29. The van der Waals surface area contributed by atoms with Crippen LogP contribution in [0.4, 0.5) is 4.39 Å². The Labute approximate surface area is 88.3 Å². The van der Waals surface area contributed by atoms with Gasteiger partial charge in [-0.2, -0.15) is 9.61 Å². The minimum Gasteiger partial charge on any atom is -0.238 e. The topological polar surface area (TPSA) is 43.1 Å². The van der Waals surface area contributed by atoms with Gasteiger partial charge in [-0.15, -0.1) is 0 Å². The lowest BCUT2D eigenvalue weighted by atomic mass is 10.1. The van der Waals surface area contributed by atoms with Gasteiger partial charge in [0.1, 0.15) is 16.0 Å². The fourth-order valence-corrected chi connectivity index (χ4v) is 1.39. The standard InChI is InChI=1S/C8H8BrFN4/c1-8(2,10)5-3-12-14-6(9)4-11-7(14)13-5/h3-4H,1-2H3. The van der Waals surface area contributed by atoms with Crippen molar-refractivity contribution in [3.05, 3.63) is 22.7 Å². The third-order valence-corrected chi connectivity index (χ3v) is 2.34. The molecule has 0 aliphatic carbocycles. The van der Waals surface area contributed by atoms with Gasteiger partial charge in [-0.05, 0) is 29.8 Å². The average molecular weight is 259 g/mol. The maximum Gasteiger partial charge on any atom is 0.252 e. The van der Waals surface area contributed by atoms with Crippen LogP contribution < -0.4 is 0 Å². The summed E-state index contributed by atoms with van der Waals surface area (Å²) in [6.07, 6.45) is 2.98. The van der Waals surface area contributed by atoms with E-state index in [4.69, 9.17) is 0 Å². The molecule has 0 bridgehead atoms. The quantitative estimate of drug-likeness (QED) is 0.787. The highest BCUT2D eigenvalue weighted by Gasteiger charge is 2.22. The van der Waals surface area contributed by atoms with Crippen LogP contribution in [0.15, 0.2) is 17.0 Å². The molecule has 0 aliphatic heterocycles. The number of imidazole rings is 1. The van der Waals surface area contributed by atoms with E-state index < -0.39 is 5.67 Å². The molecule has 0 amide bonds. The zero-order valence-electron chi connectivity index (χ0n) is 7.70. The van der Waals surface area contributed by atoms with Crippen LogP contribution in [0.2, 0.25) is 0 Å². The maximum absolute atomic E-state index is 13.5. The summed E-state index contributed by atoms with van der Waals surface area (Å²) in [4.78, 5) is 8.02. The molecule has 2 aromatic heterocycles. The predicted octanol–water partition coefficient (Wildman–Crippen LogP) is 2.09. The molecule has 0 spiro atoms. The van der Waals surface area contributed by atoms with Crippen molar-refractivity contribution in [2.45, 2.75) is 19.5 Å². The molecule has 2 heterocycles. The summed E-state index contributed by atoms with van der Waals surface area (Å²) in [5, 5.41) is 4.01. The number of halogens is 2. The Morgan fingerprint density at radius 2 is 2.14 bits per heavy atom.